The Bertz CT molecular complexity index is 564. The summed E-state index contributed by atoms with van der Waals surface area (Å²) >= 11 is 0. The van der Waals surface area contributed by atoms with Crippen LogP contribution in [0.2, 0.25) is 0 Å². The first kappa shape index (κ1) is 10.5. The Morgan fingerprint density at radius 3 is 2.88 bits per heavy atom. The maximum absolute atomic E-state index is 13.1. The number of aromatic nitrogens is 1. The molecule has 0 saturated heterocycles. The summed E-state index contributed by atoms with van der Waals surface area (Å²) in [6.45, 7) is 0. The van der Waals surface area contributed by atoms with Crippen LogP contribution >= 0.6 is 0 Å². The fraction of sp³-hybridized carbons (Fsp3) is 0.308. The van der Waals surface area contributed by atoms with Crippen LogP contribution in [-0.4, -0.2) is 4.98 Å². The van der Waals surface area contributed by atoms with Gasteiger partial charge in [0.25, 0.3) is 0 Å². The van der Waals surface area contributed by atoms with Crippen molar-refractivity contribution in [3.05, 3.63) is 35.8 Å². The minimum absolute atomic E-state index is 0.253. The van der Waals surface area contributed by atoms with Gasteiger partial charge in [0.05, 0.1) is 16.9 Å². The van der Waals surface area contributed by atoms with Crippen molar-refractivity contribution in [1.82, 2.24) is 4.98 Å². The predicted octanol–water partition coefficient (Wildman–Crippen LogP) is 2.61. The van der Waals surface area contributed by atoms with E-state index in [9.17, 15) is 4.39 Å². The summed E-state index contributed by atoms with van der Waals surface area (Å²) < 4.78 is 13.1. The molecule has 1 aromatic heterocycles. The lowest BCUT2D eigenvalue weighted by atomic mass is 10.1. The van der Waals surface area contributed by atoms with Crippen LogP contribution in [0.5, 0.6) is 0 Å². The van der Waals surface area contributed by atoms with E-state index in [1.807, 2.05) is 6.07 Å². The van der Waals surface area contributed by atoms with E-state index < -0.39 is 0 Å². The van der Waals surface area contributed by atoms with Crippen molar-refractivity contribution in [3.63, 3.8) is 0 Å². The second kappa shape index (κ2) is 3.96. The quantitative estimate of drug-likeness (QED) is 0.630. The van der Waals surface area contributed by atoms with Crippen molar-refractivity contribution in [2.45, 2.75) is 19.3 Å². The summed E-state index contributed by atoms with van der Waals surface area (Å²) in [5.41, 5.74) is 5.26. The lowest BCUT2D eigenvalue weighted by Gasteiger charge is -2.09. The molecule has 1 aromatic carbocycles. The number of benzene rings is 1. The normalized spacial score (nSPS) is 15.2. The summed E-state index contributed by atoms with van der Waals surface area (Å²) in [5, 5.41) is 0.775. The molecule has 1 fully saturated rings. The monoisotopic (exact) mass is 231 g/mol. The summed E-state index contributed by atoms with van der Waals surface area (Å²) in [6, 6.07) is 6.49. The Kier molecular flexibility index (Phi) is 2.44. The molecule has 1 heterocycles. The van der Waals surface area contributed by atoms with E-state index in [0.717, 1.165) is 34.6 Å². The Labute approximate surface area is 98.8 Å². The molecular formula is C13H14FN3. The predicted molar refractivity (Wildman–Crippen MR) is 65.9 cm³/mol. The number of anilines is 1. The molecule has 88 valence electrons. The first-order valence-corrected chi connectivity index (χ1v) is 5.82. The molecule has 0 unspecified atom stereocenters. The van der Waals surface area contributed by atoms with Gasteiger partial charge in [0.2, 0.25) is 0 Å². The topological polar surface area (TPSA) is 50.9 Å². The number of nitrogen functional groups attached to an aromatic ring is 1. The number of pyridine rings is 1. The highest BCUT2D eigenvalue weighted by Gasteiger charge is 2.23. The molecular weight excluding hydrogens is 217 g/mol. The number of hydrogen-bond acceptors (Lipinski definition) is 3. The number of nitrogens with zero attached hydrogens (tertiary/aromatic N) is 1. The van der Waals surface area contributed by atoms with Gasteiger partial charge in [-0.25, -0.2) is 4.39 Å². The Balaban J connectivity index is 2.10. The number of hydrazine groups is 1. The molecule has 0 atom stereocenters. The minimum Gasteiger partial charge on any atom is -0.322 e. The first-order chi connectivity index (χ1) is 8.26. The first-order valence-electron chi connectivity index (χ1n) is 5.82. The molecule has 0 aliphatic heterocycles. The molecule has 17 heavy (non-hydrogen) atoms. The fourth-order valence-electron chi connectivity index (χ4n) is 2.06. The third kappa shape index (κ3) is 2.08. The number of halogens is 1. The van der Waals surface area contributed by atoms with Gasteiger partial charge in [-0.3, -0.25) is 10.8 Å². The maximum atomic E-state index is 13.1. The van der Waals surface area contributed by atoms with E-state index in [-0.39, 0.29) is 5.82 Å². The average Bonchev–Trinajstić information content (AvgIpc) is 3.12. The van der Waals surface area contributed by atoms with Gasteiger partial charge in [-0.2, -0.15) is 0 Å². The van der Waals surface area contributed by atoms with Gasteiger partial charge < -0.3 is 5.43 Å². The van der Waals surface area contributed by atoms with E-state index in [1.165, 1.54) is 25.0 Å². The number of nitrogens with two attached hydrogens (primary N) is 1. The van der Waals surface area contributed by atoms with Crippen LogP contribution in [0.25, 0.3) is 10.9 Å². The zero-order valence-electron chi connectivity index (χ0n) is 9.41. The van der Waals surface area contributed by atoms with Crippen LogP contribution in [-0.2, 0) is 6.42 Å². The molecule has 0 spiro atoms. The van der Waals surface area contributed by atoms with Gasteiger partial charge in [-0.15, -0.1) is 0 Å². The zero-order valence-corrected chi connectivity index (χ0v) is 9.41. The number of fused-ring (bicyclic) bond motifs is 1. The third-order valence-electron chi connectivity index (χ3n) is 3.19. The van der Waals surface area contributed by atoms with Crippen molar-refractivity contribution < 1.29 is 4.39 Å². The summed E-state index contributed by atoms with van der Waals surface area (Å²) in [7, 11) is 0. The highest BCUT2D eigenvalue weighted by atomic mass is 19.1. The molecule has 3 nitrogen and oxygen atoms in total. The molecule has 1 aliphatic rings. The lowest BCUT2D eigenvalue weighted by Crippen LogP contribution is -2.11. The average molecular weight is 231 g/mol. The van der Waals surface area contributed by atoms with Crippen LogP contribution in [0.1, 0.15) is 18.5 Å². The molecule has 2 aromatic rings. The molecule has 3 N–H and O–H groups in total. The minimum atomic E-state index is -0.253. The van der Waals surface area contributed by atoms with E-state index in [2.05, 4.69) is 10.4 Å². The zero-order chi connectivity index (χ0) is 11.8. The van der Waals surface area contributed by atoms with E-state index in [0.29, 0.717) is 0 Å². The molecule has 0 radical (unpaired) electrons. The van der Waals surface area contributed by atoms with E-state index in [4.69, 9.17) is 5.84 Å². The molecule has 3 rings (SSSR count). The van der Waals surface area contributed by atoms with Crippen molar-refractivity contribution in [2.24, 2.45) is 11.8 Å². The Morgan fingerprint density at radius 2 is 2.18 bits per heavy atom. The lowest BCUT2D eigenvalue weighted by molar-refractivity contribution is 0.629. The number of rotatable bonds is 3. The van der Waals surface area contributed by atoms with Gasteiger partial charge in [-0.05, 0) is 49.4 Å². The molecule has 0 amide bonds. The molecule has 4 heteroatoms. The van der Waals surface area contributed by atoms with Gasteiger partial charge in [-0.1, -0.05) is 0 Å². The van der Waals surface area contributed by atoms with Crippen LogP contribution in [0, 0.1) is 11.7 Å². The summed E-state index contributed by atoms with van der Waals surface area (Å²) in [4.78, 5) is 4.56. The summed E-state index contributed by atoms with van der Waals surface area (Å²) in [6.07, 6.45) is 3.49. The smallest absolute Gasteiger partial charge is 0.123 e. The standard InChI is InChI=1S/C13H14FN3/c14-10-3-4-11-9(6-10)7-13(17-15)12(16-11)5-8-1-2-8/h3-4,6-8,17H,1-2,5,15H2. The van der Waals surface area contributed by atoms with Crippen molar-refractivity contribution >= 4 is 16.6 Å². The Hall–Kier alpha value is -1.68. The van der Waals surface area contributed by atoms with E-state index in [1.54, 1.807) is 6.07 Å². The van der Waals surface area contributed by atoms with Crippen molar-refractivity contribution in [2.75, 3.05) is 5.43 Å². The third-order valence-corrected chi connectivity index (χ3v) is 3.19. The maximum Gasteiger partial charge on any atom is 0.123 e. The second-order valence-electron chi connectivity index (χ2n) is 4.61. The summed E-state index contributed by atoms with van der Waals surface area (Å²) in [5.74, 6) is 5.98. The molecule has 1 saturated carbocycles. The van der Waals surface area contributed by atoms with Gasteiger partial charge in [0.15, 0.2) is 0 Å². The van der Waals surface area contributed by atoms with E-state index >= 15 is 0 Å². The van der Waals surface area contributed by atoms with Gasteiger partial charge in [0, 0.05) is 5.39 Å². The van der Waals surface area contributed by atoms with Crippen LogP contribution in [0.3, 0.4) is 0 Å². The SMILES string of the molecule is NNc1cc2cc(F)ccc2nc1CC1CC1. The van der Waals surface area contributed by atoms with Gasteiger partial charge in [0.1, 0.15) is 5.82 Å². The highest BCUT2D eigenvalue weighted by molar-refractivity contribution is 5.82. The van der Waals surface area contributed by atoms with Crippen LogP contribution < -0.4 is 11.3 Å². The van der Waals surface area contributed by atoms with Crippen LogP contribution in [0.15, 0.2) is 24.3 Å². The van der Waals surface area contributed by atoms with Crippen LogP contribution in [0.4, 0.5) is 10.1 Å². The Morgan fingerprint density at radius 1 is 1.35 bits per heavy atom. The van der Waals surface area contributed by atoms with Gasteiger partial charge >= 0.3 is 0 Å². The molecule has 1 aliphatic carbocycles. The fourth-order valence-corrected chi connectivity index (χ4v) is 2.06. The number of hydrogen-bond donors (Lipinski definition) is 2. The molecule has 0 bridgehead atoms. The highest BCUT2D eigenvalue weighted by Crippen LogP contribution is 2.34. The number of nitrogens with one attached hydrogen (secondary N) is 1. The van der Waals surface area contributed by atoms with Crippen molar-refractivity contribution in [3.8, 4) is 0 Å². The van der Waals surface area contributed by atoms with Crippen molar-refractivity contribution in [1.29, 1.82) is 0 Å². The second-order valence-corrected chi connectivity index (χ2v) is 4.61. The largest absolute Gasteiger partial charge is 0.322 e.